The van der Waals surface area contributed by atoms with Gasteiger partial charge in [0.15, 0.2) is 0 Å². The van der Waals surface area contributed by atoms with Crippen LogP contribution in [0.5, 0.6) is 0 Å². The maximum atomic E-state index is 9.79. The zero-order valence-corrected chi connectivity index (χ0v) is 14.1. The zero-order valence-electron chi connectivity index (χ0n) is 14.1. The van der Waals surface area contributed by atoms with E-state index in [1.54, 1.807) is 0 Å². The smallest absolute Gasteiger partial charge is 0.122 e. The van der Waals surface area contributed by atoms with Crippen LogP contribution in [0.15, 0.2) is 0 Å². The van der Waals surface area contributed by atoms with Gasteiger partial charge in [-0.1, -0.05) is 20.8 Å². The first-order chi connectivity index (χ1) is 10.2. The van der Waals surface area contributed by atoms with Crippen LogP contribution in [0.3, 0.4) is 0 Å². The van der Waals surface area contributed by atoms with Crippen molar-refractivity contribution in [3.8, 4) is 6.07 Å². The quantitative estimate of drug-likeness (QED) is 0.706. The molecular formula is C17H32N4. The minimum atomic E-state index is -0.297. The van der Waals surface area contributed by atoms with Gasteiger partial charge in [0.05, 0.1) is 6.07 Å². The third-order valence-corrected chi connectivity index (χ3v) is 5.21. The van der Waals surface area contributed by atoms with E-state index in [1.165, 1.54) is 19.3 Å². The van der Waals surface area contributed by atoms with Gasteiger partial charge in [-0.2, -0.15) is 5.26 Å². The predicted molar refractivity (Wildman–Crippen MR) is 87.1 cm³/mol. The Hall–Kier alpha value is -0.630. The van der Waals surface area contributed by atoms with E-state index in [1.807, 2.05) is 0 Å². The molecule has 0 aromatic carbocycles. The fourth-order valence-corrected chi connectivity index (χ4v) is 3.77. The summed E-state index contributed by atoms with van der Waals surface area (Å²) < 4.78 is 0. The Kier molecular flexibility index (Phi) is 6.04. The van der Waals surface area contributed by atoms with Crippen molar-refractivity contribution >= 4 is 0 Å². The van der Waals surface area contributed by atoms with E-state index in [2.05, 4.69) is 42.0 Å². The van der Waals surface area contributed by atoms with Gasteiger partial charge in [0.2, 0.25) is 0 Å². The molecule has 0 radical (unpaired) electrons. The third kappa shape index (κ3) is 3.97. The molecule has 4 heteroatoms. The Morgan fingerprint density at radius 3 is 2.48 bits per heavy atom. The van der Waals surface area contributed by atoms with Crippen molar-refractivity contribution in [3.63, 3.8) is 0 Å². The molecule has 1 aliphatic heterocycles. The van der Waals surface area contributed by atoms with E-state index in [9.17, 15) is 5.26 Å². The predicted octanol–water partition coefficient (Wildman–Crippen LogP) is 2.07. The van der Waals surface area contributed by atoms with E-state index in [0.717, 1.165) is 45.7 Å². The highest BCUT2D eigenvalue weighted by Crippen LogP contribution is 2.40. The second-order valence-corrected chi connectivity index (χ2v) is 6.68. The van der Waals surface area contributed by atoms with Crippen LogP contribution in [0.2, 0.25) is 0 Å². The topological polar surface area (TPSA) is 42.3 Å². The number of hydrogen-bond donors (Lipinski definition) is 1. The third-order valence-electron chi connectivity index (χ3n) is 5.21. The number of likely N-dealkylation sites (tertiary alicyclic amines) is 1. The summed E-state index contributed by atoms with van der Waals surface area (Å²) in [6.45, 7) is 13.1. The first-order valence-corrected chi connectivity index (χ1v) is 8.81. The monoisotopic (exact) mass is 292 g/mol. The number of likely N-dealkylation sites (N-methyl/N-ethyl adjacent to an activating group) is 1. The molecule has 0 amide bonds. The summed E-state index contributed by atoms with van der Waals surface area (Å²) in [4.78, 5) is 5.08. The lowest BCUT2D eigenvalue weighted by atomic mass is 9.94. The largest absolute Gasteiger partial charge is 0.300 e. The van der Waals surface area contributed by atoms with Crippen LogP contribution in [-0.2, 0) is 0 Å². The molecule has 2 rings (SSSR count). The van der Waals surface area contributed by atoms with Crippen molar-refractivity contribution in [3.05, 3.63) is 0 Å². The molecule has 4 nitrogen and oxygen atoms in total. The second kappa shape index (κ2) is 7.58. The van der Waals surface area contributed by atoms with Crippen molar-refractivity contribution in [2.75, 3.05) is 39.3 Å². The lowest BCUT2D eigenvalue weighted by molar-refractivity contribution is 0.188. The van der Waals surface area contributed by atoms with Crippen molar-refractivity contribution in [2.24, 2.45) is 5.92 Å². The lowest BCUT2D eigenvalue weighted by Crippen LogP contribution is -2.54. The Labute approximate surface area is 130 Å². The molecule has 0 aromatic rings. The summed E-state index contributed by atoms with van der Waals surface area (Å²) in [5.74, 6) is 0.571. The van der Waals surface area contributed by atoms with Crippen molar-refractivity contribution in [1.82, 2.24) is 15.1 Å². The van der Waals surface area contributed by atoms with Gasteiger partial charge < -0.3 is 0 Å². The van der Waals surface area contributed by atoms with Gasteiger partial charge in [0.25, 0.3) is 0 Å². The molecule has 0 aromatic heterocycles. The van der Waals surface area contributed by atoms with E-state index >= 15 is 0 Å². The number of nitrogens with one attached hydrogen (secondary N) is 1. The summed E-state index contributed by atoms with van der Waals surface area (Å²) in [7, 11) is 0. The van der Waals surface area contributed by atoms with Gasteiger partial charge in [-0.15, -0.1) is 0 Å². The first-order valence-electron chi connectivity index (χ1n) is 8.81. The molecule has 21 heavy (non-hydrogen) atoms. The summed E-state index contributed by atoms with van der Waals surface area (Å²) in [5.41, 5.74) is -0.297. The van der Waals surface area contributed by atoms with Gasteiger partial charge in [-0.3, -0.25) is 15.1 Å². The van der Waals surface area contributed by atoms with Gasteiger partial charge in [0, 0.05) is 19.1 Å². The van der Waals surface area contributed by atoms with Gasteiger partial charge >= 0.3 is 0 Å². The van der Waals surface area contributed by atoms with Gasteiger partial charge in [-0.05, 0) is 57.8 Å². The van der Waals surface area contributed by atoms with Crippen molar-refractivity contribution < 1.29 is 0 Å². The highest BCUT2D eigenvalue weighted by molar-refractivity contribution is 5.17. The number of hydrogen-bond acceptors (Lipinski definition) is 4. The van der Waals surface area contributed by atoms with Gasteiger partial charge in [0.1, 0.15) is 5.54 Å². The Bertz CT molecular complexity index is 356. The van der Waals surface area contributed by atoms with Crippen LogP contribution in [0, 0.1) is 17.2 Å². The average molecular weight is 292 g/mol. The van der Waals surface area contributed by atoms with Crippen molar-refractivity contribution in [1.29, 1.82) is 5.26 Å². The number of rotatable bonds is 9. The molecule has 1 saturated heterocycles. The zero-order chi connectivity index (χ0) is 15.3. The van der Waals surface area contributed by atoms with E-state index < -0.39 is 0 Å². The first kappa shape index (κ1) is 16.7. The molecule has 0 spiro atoms. The van der Waals surface area contributed by atoms with E-state index in [0.29, 0.717) is 12.0 Å². The van der Waals surface area contributed by atoms with E-state index in [4.69, 9.17) is 0 Å². The fraction of sp³-hybridized carbons (Fsp3) is 0.941. The SMILES string of the molecule is CCCNC(C#N)(CN1CCC(N(CC)CC)C1)C1CC1. The highest BCUT2D eigenvalue weighted by atomic mass is 15.3. The molecule has 1 N–H and O–H groups in total. The van der Waals surface area contributed by atoms with Crippen LogP contribution in [0.4, 0.5) is 0 Å². The summed E-state index contributed by atoms with van der Waals surface area (Å²) in [6, 6.07) is 3.33. The summed E-state index contributed by atoms with van der Waals surface area (Å²) in [6.07, 6.45) is 4.79. The molecule has 2 aliphatic rings. The molecular weight excluding hydrogens is 260 g/mol. The molecule has 2 atom stereocenters. The summed E-state index contributed by atoms with van der Waals surface area (Å²) in [5, 5.41) is 13.4. The van der Waals surface area contributed by atoms with Crippen LogP contribution in [0.25, 0.3) is 0 Å². The molecule has 1 aliphatic carbocycles. The van der Waals surface area contributed by atoms with E-state index in [-0.39, 0.29) is 5.54 Å². The van der Waals surface area contributed by atoms with Gasteiger partial charge in [-0.25, -0.2) is 0 Å². The van der Waals surface area contributed by atoms with Crippen molar-refractivity contribution in [2.45, 2.75) is 58.0 Å². The molecule has 0 bridgehead atoms. The van der Waals surface area contributed by atoms with Crippen LogP contribution < -0.4 is 5.32 Å². The molecule has 1 saturated carbocycles. The van der Waals surface area contributed by atoms with Crippen LogP contribution >= 0.6 is 0 Å². The lowest BCUT2D eigenvalue weighted by Gasteiger charge is -2.33. The van der Waals surface area contributed by atoms with Crippen LogP contribution in [-0.4, -0.2) is 60.6 Å². The standard InChI is InChI=1S/C17H32N4/c1-4-10-19-17(13-18,15-7-8-15)14-20-11-9-16(12-20)21(5-2)6-3/h15-16,19H,4-12,14H2,1-3H3. The fourth-order valence-electron chi connectivity index (χ4n) is 3.77. The van der Waals surface area contributed by atoms with Crippen LogP contribution in [0.1, 0.15) is 46.5 Å². The minimum absolute atomic E-state index is 0.297. The Balaban J connectivity index is 1.94. The minimum Gasteiger partial charge on any atom is -0.300 e. The average Bonchev–Trinajstić information content (AvgIpc) is 3.27. The molecule has 120 valence electrons. The normalized spacial score (nSPS) is 26.0. The highest BCUT2D eigenvalue weighted by Gasteiger charge is 2.47. The molecule has 1 heterocycles. The maximum Gasteiger partial charge on any atom is 0.122 e. The number of nitrogens with zero attached hydrogens (tertiary/aromatic N) is 3. The molecule has 2 unspecified atom stereocenters. The Morgan fingerprint density at radius 2 is 1.95 bits per heavy atom. The second-order valence-electron chi connectivity index (χ2n) is 6.68. The Morgan fingerprint density at radius 1 is 1.24 bits per heavy atom. The summed E-state index contributed by atoms with van der Waals surface area (Å²) >= 11 is 0. The maximum absolute atomic E-state index is 9.79. The number of nitriles is 1. The molecule has 2 fully saturated rings.